The van der Waals surface area contributed by atoms with Gasteiger partial charge in [-0.25, -0.2) is 0 Å². The molecule has 0 saturated heterocycles. The first-order valence-electron chi connectivity index (χ1n) is 6.04. The second kappa shape index (κ2) is 4.46. The van der Waals surface area contributed by atoms with E-state index in [4.69, 9.17) is 4.74 Å². The summed E-state index contributed by atoms with van der Waals surface area (Å²) in [7, 11) is 2.00. The van der Waals surface area contributed by atoms with Crippen LogP contribution in [0, 0.1) is 0 Å². The summed E-state index contributed by atoms with van der Waals surface area (Å²) in [5.74, 6) is 1.09. The summed E-state index contributed by atoms with van der Waals surface area (Å²) in [6, 6.07) is 6.68. The molecule has 0 atom stereocenters. The Morgan fingerprint density at radius 3 is 2.94 bits per heavy atom. The quantitative estimate of drug-likeness (QED) is 0.843. The number of rotatable bonds is 3. The van der Waals surface area contributed by atoms with Crippen LogP contribution >= 0.6 is 0 Å². The molecule has 2 heteroatoms. The van der Waals surface area contributed by atoms with Gasteiger partial charge >= 0.3 is 0 Å². The third kappa shape index (κ3) is 2.22. The molecular formula is C14H21NO. The van der Waals surface area contributed by atoms with Gasteiger partial charge in [0.05, 0.1) is 6.61 Å². The minimum Gasteiger partial charge on any atom is -0.493 e. The van der Waals surface area contributed by atoms with Gasteiger partial charge < -0.3 is 10.1 Å². The summed E-state index contributed by atoms with van der Waals surface area (Å²) >= 11 is 0. The van der Waals surface area contributed by atoms with Crippen molar-refractivity contribution in [3.8, 4) is 5.75 Å². The van der Waals surface area contributed by atoms with Gasteiger partial charge in [-0.2, -0.15) is 0 Å². The minimum atomic E-state index is 0.157. The first kappa shape index (κ1) is 11.5. The Balaban J connectivity index is 2.29. The highest BCUT2D eigenvalue weighted by Gasteiger charge is 2.21. The summed E-state index contributed by atoms with van der Waals surface area (Å²) in [5.41, 5.74) is 2.86. The number of likely N-dealkylation sites (N-methyl/N-ethyl adjacent to an activating group) is 1. The van der Waals surface area contributed by atoms with Crippen molar-refractivity contribution >= 4 is 0 Å². The van der Waals surface area contributed by atoms with Gasteiger partial charge in [0.25, 0.3) is 0 Å². The Bertz CT molecular complexity index is 371. The summed E-state index contributed by atoms with van der Waals surface area (Å²) in [4.78, 5) is 0. The van der Waals surface area contributed by atoms with E-state index in [1.165, 1.54) is 11.1 Å². The van der Waals surface area contributed by atoms with Crippen LogP contribution < -0.4 is 10.1 Å². The molecule has 0 amide bonds. The molecule has 1 N–H and O–H groups in total. The van der Waals surface area contributed by atoms with Crippen LogP contribution in [0.25, 0.3) is 0 Å². The van der Waals surface area contributed by atoms with E-state index in [0.29, 0.717) is 0 Å². The molecule has 0 aromatic heterocycles. The molecule has 0 bridgehead atoms. The number of aryl methyl sites for hydroxylation is 1. The lowest BCUT2D eigenvalue weighted by Gasteiger charge is -2.27. The van der Waals surface area contributed by atoms with E-state index in [-0.39, 0.29) is 5.41 Å². The average molecular weight is 219 g/mol. The maximum absolute atomic E-state index is 5.72. The van der Waals surface area contributed by atoms with E-state index in [1.807, 2.05) is 7.05 Å². The van der Waals surface area contributed by atoms with Gasteiger partial charge in [0.15, 0.2) is 0 Å². The largest absolute Gasteiger partial charge is 0.493 e. The van der Waals surface area contributed by atoms with Gasteiger partial charge in [-0.05, 0) is 37.1 Å². The van der Waals surface area contributed by atoms with Crippen molar-refractivity contribution in [3.63, 3.8) is 0 Å². The monoisotopic (exact) mass is 219 g/mol. The highest BCUT2D eigenvalue weighted by Crippen LogP contribution is 2.31. The zero-order valence-corrected chi connectivity index (χ0v) is 10.5. The Kier molecular flexibility index (Phi) is 3.20. The van der Waals surface area contributed by atoms with Gasteiger partial charge in [-0.1, -0.05) is 26.0 Å². The van der Waals surface area contributed by atoms with E-state index in [9.17, 15) is 0 Å². The summed E-state index contributed by atoms with van der Waals surface area (Å²) in [6.07, 6.45) is 2.30. The normalized spacial score (nSPS) is 15.4. The Hall–Kier alpha value is -1.02. The van der Waals surface area contributed by atoms with Crippen LogP contribution in [0.15, 0.2) is 18.2 Å². The first-order chi connectivity index (χ1) is 7.63. The molecule has 0 radical (unpaired) electrons. The third-order valence-electron chi connectivity index (χ3n) is 3.32. The Morgan fingerprint density at radius 2 is 2.19 bits per heavy atom. The minimum absolute atomic E-state index is 0.157. The number of ether oxygens (including phenoxy) is 1. The summed E-state index contributed by atoms with van der Waals surface area (Å²) in [6.45, 7) is 6.36. The van der Waals surface area contributed by atoms with Crippen molar-refractivity contribution in [2.24, 2.45) is 0 Å². The fourth-order valence-corrected chi connectivity index (χ4v) is 2.31. The molecule has 88 valence electrons. The molecule has 1 aliphatic heterocycles. The van der Waals surface area contributed by atoms with E-state index >= 15 is 0 Å². The van der Waals surface area contributed by atoms with E-state index < -0.39 is 0 Å². The number of hydrogen-bond acceptors (Lipinski definition) is 2. The molecule has 0 spiro atoms. The van der Waals surface area contributed by atoms with Crippen molar-refractivity contribution in [3.05, 3.63) is 29.3 Å². The van der Waals surface area contributed by atoms with Gasteiger partial charge in [0, 0.05) is 12.0 Å². The fraction of sp³-hybridized carbons (Fsp3) is 0.571. The molecule has 2 rings (SSSR count). The van der Waals surface area contributed by atoms with Gasteiger partial charge in [-0.3, -0.25) is 0 Å². The van der Waals surface area contributed by atoms with Gasteiger partial charge in [0.1, 0.15) is 5.75 Å². The predicted octanol–water partition coefficient (Wildman–Crippen LogP) is 2.51. The Morgan fingerprint density at radius 1 is 1.38 bits per heavy atom. The number of benzene rings is 1. The molecule has 1 aromatic rings. The van der Waals surface area contributed by atoms with E-state index in [0.717, 1.165) is 31.7 Å². The Labute approximate surface area is 98.0 Å². The summed E-state index contributed by atoms with van der Waals surface area (Å²) in [5, 5.41) is 3.25. The standard InChI is InChI=1S/C14H21NO/c1-14(2,10-15-3)12-7-6-11-5-4-8-16-13(11)9-12/h6-7,9,15H,4-5,8,10H2,1-3H3. The lowest BCUT2D eigenvalue weighted by Crippen LogP contribution is -2.30. The molecule has 0 aliphatic carbocycles. The number of fused-ring (bicyclic) bond motifs is 1. The maximum Gasteiger partial charge on any atom is 0.122 e. The van der Waals surface area contributed by atoms with Crippen LogP contribution in [0.5, 0.6) is 5.75 Å². The van der Waals surface area contributed by atoms with Crippen LogP contribution in [0.4, 0.5) is 0 Å². The molecular weight excluding hydrogens is 198 g/mol. The van der Waals surface area contributed by atoms with Crippen LogP contribution in [-0.2, 0) is 11.8 Å². The average Bonchev–Trinajstić information content (AvgIpc) is 2.28. The van der Waals surface area contributed by atoms with Crippen molar-refractivity contribution in [2.75, 3.05) is 20.2 Å². The SMILES string of the molecule is CNCC(C)(C)c1ccc2c(c1)OCCC2. The molecule has 0 saturated carbocycles. The molecule has 2 nitrogen and oxygen atoms in total. The van der Waals surface area contributed by atoms with E-state index in [1.54, 1.807) is 0 Å². The number of hydrogen-bond donors (Lipinski definition) is 1. The van der Waals surface area contributed by atoms with Crippen LogP contribution in [0.3, 0.4) is 0 Å². The molecule has 1 aliphatic rings. The predicted molar refractivity (Wildman–Crippen MR) is 67.2 cm³/mol. The highest BCUT2D eigenvalue weighted by molar-refractivity contribution is 5.41. The van der Waals surface area contributed by atoms with Crippen LogP contribution in [0.1, 0.15) is 31.4 Å². The molecule has 0 unspecified atom stereocenters. The fourth-order valence-electron chi connectivity index (χ4n) is 2.31. The van der Waals surface area contributed by atoms with Crippen molar-refractivity contribution in [1.29, 1.82) is 0 Å². The van der Waals surface area contributed by atoms with Gasteiger partial charge in [-0.15, -0.1) is 0 Å². The molecule has 1 aromatic carbocycles. The molecule has 16 heavy (non-hydrogen) atoms. The first-order valence-corrected chi connectivity index (χ1v) is 6.04. The summed E-state index contributed by atoms with van der Waals surface area (Å²) < 4.78 is 5.72. The van der Waals surface area contributed by atoms with Crippen molar-refractivity contribution in [1.82, 2.24) is 5.32 Å². The molecule has 1 heterocycles. The lowest BCUT2D eigenvalue weighted by atomic mass is 9.83. The smallest absolute Gasteiger partial charge is 0.122 e. The maximum atomic E-state index is 5.72. The van der Waals surface area contributed by atoms with Gasteiger partial charge in [0.2, 0.25) is 0 Å². The lowest BCUT2D eigenvalue weighted by molar-refractivity contribution is 0.287. The highest BCUT2D eigenvalue weighted by atomic mass is 16.5. The van der Waals surface area contributed by atoms with Crippen LogP contribution in [0.2, 0.25) is 0 Å². The topological polar surface area (TPSA) is 21.3 Å². The number of nitrogens with one attached hydrogen (secondary N) is 1. The van der Waals surface area contributed by atoms with E-state index in [2.05, 4.69) is 37.4 Å². The second-order valence-corrected chi connectivity index (χ2v) is 5.19. The molecule has 0 fully saturated rings. The second-order valence-electron chi connectivity index (χ2n) is 5.19. The third-order valence-corrected chi connectivity index (χ3v) is 3.32. The van der Waals surface area contributed by atoms with Crippen molar-refractivity contribution < 1.29 is 4.74 Å². The zero-order valence-electron chi connectivity index (χ0n) is 10.5. The zero-order chi connectivity index (χ0) is 11.6. The van der Waals surface area contributed by atoms with Crippen LogP contribution in [-0.4, -0.2) is 20.2 Å². The van der Waals surface area contributed by atoms with Crippen molar-refractivity contribution in [2.45, 2.75) is 32.1 Å².